The topological polar surface area (TPSA) is 122 Å². The van der Waals surface area contributed by atoms with Crippen molar-refractivity contribution in [1.82, 2.24) is 5.32 Å². The number of carbonyl (C=O) groups is 2. The summed E-state index contributed by atoms with van der Waals surface area (Å²) in [4.78, 5) is 23.3. The normalized spacial score (nSPS) is 13.1. The zero-order valence-electron chi connectivity index (χ0n) is 16.8. The number of nitrogens with two attached hydrogens (primary N) is 1. The molecule has 0 aromatic heterocycles. The van der Waals surface area contributed by atoms with Crippen LogP contribution in [0, 0.1) is 5.41 Å². The molecule has 7 heteroatoms. The van der Waals surface area contributed by atoms with E-state index in [9.17, 15) is 19.8 Å². The number of aliphatic hydroxyl groups excluding tert-OH is 1. The molecule has 0 aliphatic heterocycles. The highest BCUT2D eigenvalue weighted by Gasteiger charge is 2.28. The summed E-state index contributed by atoms with van der Waals surface area (Å²) in [6.07, 6.45) is 0.181. The molecule has 0 radical (unpaired) electrons. The van der Waals surface area contributed by atoms with Gasteiger partial charge in [-0.25, -0.2) is 4.79 Å². The van der Waals surface area contributed by atoms with Gasteiger partial charge in [-0.3, -0.25) is 4.79 Å². The van der Waals surface area contributed by atoms with Gasteiger partial charge in [-0.1, -0.05) is 26.0 Å². The van der Waals surface area contributed by atoms with Crippen LogP contribution in [-0.2, 0) is 22.6 Å². The first-order valence-electron chi connectivity index (χ1n) is 9.01. The average Bonchev–Trinajstić information content (AvgIpc) is 2.45. The molecular weight excluding hydrogens is 348 g/mol. The van der Waals surface area contributed by atoms with Crippen LogP contribution in [0.3, 0.4) is 0 Å². The standard InChI is InChI=1S/C20H32N2O5/c1-19(2,3)27-18(26)22-15(9-17(24)25)11-20(4,5)10-14-8-13(12-23)6-7-16(14)21/h6-8,15,23H,9-12,21H2,1-5H3,(H,22,26)(H,24,25)/t15-/m1/s1. The molecular formula is C20H32N2O5. The quantitative estimate of drug-likeness (QED) is 0.514. The fraction of sp³-hybridized carbons (Fsp3) is 0.600. The predicted molar refractivity (Wildman–Crippen MR) is 104 cm³/mol. The van der Waals surface area contributed by atoms with Crippen LogP contribution in [0.2, 0.25) is 0 Å². The van der Waals surface area contributed by atoms with Crippen molar-refractivity contribution in [3.8, 4) is 0 Å². The highest BCUT2D eigenvalue weighted by molar-refractivity contribution is 5.71. The number of hydrogen-bond acceptors (Lipinski definition) is 5. The summed E-state index contributed by atoms with van der Waals surface area (Å²) in [5.74, 6) is -0.992. The number of anilines is 1. The second-order valence-corrected chi connectivity index (χ2v) is 8.68. The molecule has 152 valence electrons. The summed E-state index contributed by atoms with van der Waals surface area (Å²) in [5, 5.41) is 21.2. The van der Waals surface area contributed by atoms with Crippen LogP contribution in [-0.4, -0.2) is 33.9 Å². The summed E-state index contributed by atoms with van der Waals surface area (Å²) in [5.41, 5.74) is 7.33. The summed E-state index contributed by atoms with van der Waals surface area (Å²) >= 11 is 0. The number of hydrogen-bond donors (Lipinski definition) is 4. The Bertz CT molecular complexity index is 665. The van der Waals surface area contributed by atoms with Crippen LogP contribution >= 0.6 is 0 Å². The number of aliphatic carboxylic acids is 1. The fourth-order valence-electron chi connectivity index (χ4n) is 3.02. The molecule has 0 saturated heterocycles. The maximum atomic E-state index is 12.1. The van der Waals surface area contributed by atoms with Crippen molar-refractivity contribution in [3.05, 3.63) is 29.3 Å². The molecule has 1 aromatic carbocycles. The van der Waals surface area contributed by atoms with Gasteiger partial charge in [-0.05, 0) is 56.2 Å². The van der Waals surface area contributed by atoms with Crippen LogP contribution in [0.1, 0.15) is 58.6 Å². The Labute approximate surface area is 160 Å². The minimum absolute atomic E-state index is 0.0739. The first kappa shape index (κ1) is 22.8. The largest absolute Gasteiger partial charge is 0.481 e. The van der Waals surface area contributed by atoms with Crippen molar-refractivity contribution in [2.45, 2.75) is 72.1 Å². The third-order valence-corrected chi connectivity index (χ3v) is 4.00. The van der Waals surface area contributed by atoms with Gasteiger partial charge in [-0.15, -0.1) is 0 Å². The van der Waals surface area contributed by atoms with E-state index >= 15 is 0 Å². The number of aliphatic hydroxyl groups is 1. The maximum Gasteiger partial charge on any atom is 0.407 e. The molecule has 1 atom stereocenters. The van der Waals surface area contributed by atoms with Gasteiger partial charge in [0, 0.05) is 11.7 Å². The summed E-state index contributed by atoms with van der Waals surface area (Å²) in [6, 6.07) is 4.80. The van der Waals surface area contributed by atoms with Crippen LogP contribution < -0.4 is 11.1 Å². The molecule has 1 aromatic rings. The molecule has 0 spiro atoms. The number of ether oxygens (including phenoxy) is 1. The van der Waals surface area contributed by atoms with Crippen molar-refractivity contribution in [2.24, 2.45) is 5.41 Å². The van der Waals surface area contributed by atoms with E-state index in [0.717, 1.165) is 11.1 Å². The zero-order chi connectivity index (χ0) is 20.8. The third kappa shape index (κ3) is 8.77. The van der Waals surface area contributed by atoms with Crippen molar-refractivity contribution >= 4 is 17.7 Å². The number of alkyl carbamates (subject to hydrolysis) is 1. The Balaban J connectivity index is 2.88. The van der Waals surface area contributed by atoms with E-state index in [1.165, 1.54) is 0 Å². The number of rotatable bonds is 8. The van der Waals surface area contributed by atoms with Gasteiger partial charge in [0.1, 0.15) is 5.60 Å². The van der Waals surface area contributed by atoms with Gasteiger partial charge < -0.3 is 26.0 Å². The van der Waals surface area contributed by atoms with Crippen molar-refractivity contribution in [1.29, 1.82) is 0 Å². The number of carboxylic acids is 1. The molecule has 0 heterocycles. The number of amides is 1. The SMILES string of the molecule is CC(C)(Cc1cc(CO)ccc1N)C[C@@H](CC(=O)O)NC(=O)OC(C)(C)C. The molecule has 27 heavy (non-hydrogen) atoms. The lowest BCUT2D eigenvalue weighted by Gasteiger charge is -2.31. The van der Waals surface area contributed by atoms with Gasteiger partial charge in [0.05, 0.1) is 13.0 Å². The average molecular weight is 380 g/mol. The highest BCUT2D eigenvalue weighted by atomic mass is 16.6. The Kier molecular flexibility index (Phi) is 7.65. The summed E-state index contributed by atoms with van der Waals surface area (Å²) in [7, 11) is 0. The second-order valence-electron chi connectivity index (χ2n) is 8.68. The first-order valence-corrected chi connectivity index (χ1v) is 9.01. The molecule has 0 bridgehead atoms. The smallest absolute Gasteiger partial charge is 0.407 e. The predicted octanol–water partition coefficient (Wildman–Crippen LogP) is 3.09. The number of benzene rings is 1. The minimum atomic E-state index is -0.992. The lowest BCUT2D eigenvalue weighted by atomic mass is 9.79. The molecule has 5 N–H and O–H groups in total. The van der Waals surface area contributed by atoms with E-state index in [1.807, 2.05) is 19.9 Å². The molecule has 0 aliphatic rings. The Morgan fingerprint density at radius 1 is 1.22 bits per heavy atom. The Morgan fingerprint density at radius 2 is 1.85 bits per heavy atom. The summed E-state index contributed by atoms with van der Waals surface area (Å²) in [6.45, 7) is 9.15. The van der Waals surface area contributed by atoms with Gasteiger partial charge in [0.2, 0.25) is 0 Å². The Hall–Kier alpha value is -2.28. The second kappa shape index (κ2) is 9.08. The lowest BCUT2D eigenvalue weighted by molar-refractivity contribution is -0.137. The fourth-order valence-corrected chi connectivity index (χ4v) is 3.02. The van der Waals surface area contributed by atoms with E-state index < -0.39 is 23.7 Å². The van der Waals surface area contributed by atoms with Gasteiger partial charge in [0.25, 0.3) is 0 Å². The molecule has 1 amide bonds. The van der Waals surface area contributed by atoms with E-state index in [-0.39, 0.29) is 18.4 Å². The van der Waals surface area contributed by atoms with Gasteiger partial charge in [0.15, 0.2) is 0 Å². The van der Waals surface area contributed by atoms with Crippen molar-refractivity contribution in [2.75, 3.05) is 5.73 Å². The van der Waals surface area contributed by atoms with E-state index in [1.54, 1.807) is 32.9 Å². The van der Waals surface area contributed by atoms with E-state index in [0.29, 0.717) is 18.5 Å². The van der Waals surface area contributed by atoms with E-state index in [4.69, 9.17) is 10.5 Å². The van der Waals surface area contributed by atoms with Crippen LogP contribution in [0.25, 0.3) is 0 Å². The van der Waals surface area contributed by atoms with Crippen LogP contribution in [0.4, 0.5) is 10.5 Å². The first-order chi connectivity index (χ1) is 12.3. The third-order valence-electron chi connectivity index (χ3n) is 4.00. The van der Waals surface area contributed by atoms with E-state index in [2.05, 4.69) is 5.32 Å². The van der Waals surface area contributed by atoms with Crippen LogP contribution in [0.15, 0.2) is 18.2 Å². The molecule has 0 unspecified atom stereocenters. The molecule has 0 aliphatic carbocycles. The van der Waals surface area contributed by atoms with Crippen molar-refractivity contribution < 1.29 is 24.5 Å². The highest BCUT2D eigenvalue weighted by Crippen LogP contribution is 2.31. The maximum absolute atomic E-state index is 12.1. The molecule has 0 saturated carbocycles. The number of carbonyl (C=O) groups excluding carboxylic acids is 1. The molecule has 0 fully saturated rings. The molecule has 7 nitrogen and oxygen atoms in total. The monoisotopic (exact) mass is 380 g/mol. The van der Waals surface area contributed by atoms with Crippen molar-refractivity contribution in [3.63, 3.8) is 0 Å². The molecule has 1 rings (SSSR count). The number of nitrogens with one attached hydrogen (secondary N) is 1. The van der Waals surface area contributed by atoms with Crippen LogP contribution in [0.5, 0.6) is 0 Å². The Morgan fingerprint density at radius 3 is 2.37 bits per heavy atom. The number of nitrogen functional groups attached to an aromatic ring is 1. The van der Waals surface area contributed by atoms with Gasteiger partial charge >= 0.3 is 12.1 Å². The minimum Gasteiger partial charge on any atom is -0.481 e. The number of carboxylic acid groups (broad SMARTS) is 1. The zero-order valence-corrected chi connectivity index (χ0v) is 16.8. The van der Waals surface area contributed by atoms with Gasteiger partial charge in [-0.2, -0.15) is 0 Å². The summed E-state index contributed by atoms with van der Waals surface area (Å²) < 4.78 is 5.24. The lowest BCUT2D eigenvalue weighted by Crippen LogP contribution is -2.42.